The molecule has 76 valence electrons. The number of aliphatic hydroxyl groups is 1. The van der Waals surface area contributed by atoms with E-state index in [0.29, 0.717) is 0 Å². The second-order valence-electron chi connectivity index (χ2n) is 3.68. The van der Waals surface area contributed by atoms with E-state index in [-0.39, 0.29) is 0 Å². The van der Waals surface area contributed by atoms with Gasteiger partial charge in [-0.05, 0) is 31.3 Å². The van der Waals surface area contributed by atoms with E-state index in [1.54, 1.807) is 11.7 Å². The summed E-state index contributed by atoms with van der Waals surface area (Å²) in [6.45, 7) is 0. The van der Waals surface area contributed by atoms with E-state index in [1.807, 2.05) is 0 Å². The molecule has 1 aliphatic carbocycles. The monoisotopic (exact) mass is 209 g/mol. The number of rotatable bonds is 2. The maximum atomic E-state index is 10.1. The summed E-state index contributed by atoms with van der Waals surface area (Å²) in [5.74, 6) is 0. The van der Waals surface area contributed by atoms with Gasteiger partial charge in [0.15, 0.2) is 0 Å². The van der Waals surface area contributed by atoms with E-state index in [9.17, 15) is 5.11 Å². The quantitative estimate of drug-likeness (QED) is 0.759. The fourth-order valence-electron chi connectivity index (χ4n) is 1.83. The molecule has 1 unspecified atom stereocenters. The molecule has 1 aromatic heterocycles. The van der Waals surface area contributed by atoms with Gasteiger partial charge in [-0.25, -0.2) is 0 Å². The van der Waals surface area contributed by atoms with Crippen LogP contribution in [0.4, 0.5) is 0 Å². The molecule has 0 spiro atoms. The Morgan fingerprint density at radius 3 is 3.07 bits per heavy atom. The van der Waals surface area contributed by atoms with Gasteiger partial charge >= 0.3 is 0 Å². The Balaban J connectivity index is 2.10. The first-order chi connectivity index (χ1) is 6.88. The molecule has 3 heteroatoms. The minimum absolute atomic E-state index is 0.402. The fraction of sp³-hybridized carbons (Fsp3) is 0.545. The summed E-state index contributed by atoms with van der Waals surface area (Å²) < 4.78 is 0. The summed E-state index contributed by atoms with van der Waals surface area (Å²) in [7, 11) is 0. The number of nitrogens with zero attached hydrogens (tertiary/aromatic N) is 1. The van der Waals surface area contributed by atoms with Crippen LogP contribution in [-0.4, -0.2) is 10.1 Å². The van der Waals surface area contributed by atoms with Crippen molar-refractivity contribution in [2.45, 2.75) is 38.2 Å². The number of allylic oxidation sites excluding steroid dienone is 1. The zero-order valence-corrected chi connectivity index (χ0v) is 8.96. The second kappa shape index (κ2) is 4.71. The molecule has 0 aliphatic heterocycles. The Hall–Kier alpha value is -0.670. The molecule has 1 aliphatic rings. The van der Waals surface area contributed by atoms with Gasteiger partial charge in [-0.15, -0.1) is 11.3 Å². The molecule has 2 nitrogen and oxygen atoms in total. The highest BCUT2D eigenvalue weighted by molar-refractivity contribution is 7.09. The smallest absolute Gasteiger partial charge is 0.111 e. The standard InChI is InChI=1S/C11H15NOS/c13-11(10-7-12-8-14-10)9-5-3-1-2-4-6-9/h5,7-8,11,13H,1-4,6H2. The van der Waals surface area contributed by atoms with Gasteiger partial charge in [0.05, 0.1) is 10.4 Å². The third-order valence-corrected chi connectivity index (χ3v) is 3.48. The Labute approximate surface area is 88.3 Å². The van der Waals surface area contributed by atoms with Crippen LogP contribution in [-0.2, 0) is 0 Å². The van der Waals surface area contributed by atoms with Crippen molar-refractivity contribution in [2.75, 3.05) is 0 Å². The van der Waals surface area contributed by atoms with Crippen molar-refractivity contribution in [2.24, 2.45) is 0 Å². The van der Waals surface area contributed by atoms with Gasteiger partial charge in [-0.3, -0.25) is 4.98 Å². The van der Waals surface area contributed by atoms with Gasteiger partial charge in [0.1, 0.15) is 6.10 Å². The molecule has 1 aromatic rings. The Morgan fingerprint density at radius 2 is 2.29 bits per heavy atom. The highest BCUT2D eigenvalue weighted by Gasteiger charge is 2.15. The molecule has 0 saturated heterocycles. The summed E-state index contributed by atoms with van der Waals surface area (Å²) >= 11 is 1.53. The van der Waals surface area contributed by atoms with Crippen molar-refractivity contribution in [3.63, 3.8) is 0 Å². The second-order valence-corrected chi connectivity index (χ2v) is 4.60. The van der Waals surface area contributed by atoms with Gasteiger partial charge < -0.3 is 5.11 Å². The Morgan fingerprint density at radius 1 is 1.36 bits per heavy atom. The van der Waals surface area contributed by atoms with Gasteiger partial charge in [0.2, 0.25) is 0 Å². The van der Waals surface area contributed by atoms with E-state index in [1.165, 1.54) is 36.2 Å². The molecule has 0 saturated carbocycles. The summed E-state index contributed by atoms with van der Waals surface area (Å²) in [6, 6.07) is 0. The molecule has 0 fully saturated rings. The van der Waals surface area contributed by atoms with Crippen molar-refractivity contribution in [3.05, 3.63) is 28.2 Å². The summed E-state index contributed by atoms with van der Waals surface area (Å²) in [4.78, 5) is 4.96. The minimum Gasteiger partial charge on any atom is -0.383 e. The minimum atomic E-state index is -0.402. The summed E-state index contributed by atoms with van der Waals surface area (Å²) in [6.07, 6.45) is 9.49. The Kier molecular flexibility index (Phi) is 3.32. The predicted molar refractivity (Wildman–Crippen MR) is 58.2 cm³/mol. The number of aromatic nitrogens is 1. The molecule has 1 heterocycles. The van der Waals surface area contributed by atoms with Crippen LogP contribution in [0.25, 0.3) is 0 Å². The summed E-state index contributed by atoms with van der Waals surface area (Å²) in [5, 5.41) is 10.1. The normalized spacial score (nSPS) is 19.9. The maximum absolute atomic E-state index is 10.1. The third-order valence-electron chi connectivity index (χ3n) is 2.65. The molecule has 1 atom stereocenters. The number of aliphatic hydroxyl groups excluding tert-OH is 1. The number of hydrogen-bond donors (Lipinski definition) is 1. The molecule has 0 bridgehead atoms. The predicted octanol–water partition coefficient (Wildman–Crippen LogP) is 3.07. The first kappa shape index (κ1) is 9.87. The summed E-state index contributed by atoms with van der Waals surface area (Å²) in [5.41, 5.74) is 2.96. The first-order valence-electron chi connectivity index (χ1n) is 5.13. The van der Waals surface area contributed by atoms with E-state index in [2.05, 4.69) is 11.1 Å². The van der Waals surface area contributed by atoms with Gasteiger partial charge in [0.25, 0.3) is 0 Å². The average Bonchev–Trinajstić information content (AvgIpc) is 2.59. The first-order valence-corrected chi connectivity index (χ1v) is 6.01. The lowest BCUT2D eigenvalue weighted by atomic mass is 10.0. The van der Waals surface area contributed by atoms with Crippen LogP contribution in [0.1, 0.15) is 43.1 Å². The molecular weight excluding hydrogens is 194 g/mol. The van der Waals surface area contributed by atoms with Crippen LogP contribution in [0, 0.1) is 0 Å². The number of thiazole rings is 1. The van der Waals surface area contributed by atoms with Crippen LogP contribution < -0.4 is 0 Å². The topological polar surface area (TPSA) is 33.1 Å². The largest absolute Gasteiger partial charge is 0.383 e. The highest BCUT2D eigenvalue weighted by Crippen LogP contribution is 2.30. The van der Waals surface area contributed by atoms with Gasteiger partial charge in [-0.1, -0.05) is 12.5 Å². The third kappa shape index (κ3) is 2.22. The van der Waals surface area contributed by atoms with Gasteiger partial charge in [-0.2, -0.15) is 0 Å². The zero-order valence-electron chi connectivity index (χ0n) is 8.15. The lowest BCUT2D eigenvalue weighted by Crippen LogP contribution is -1.99. The number of hydrogen-bond acceptors (Lipinski definition) is 3. The van der Waals surface area contributed by atoms with Crippen molar-refractivity contribution >= 4 is 11.3 Å². The van der Waals surface area contributed by atoms with Crippen LogP contribution in [0.2, 0.25) is 0 Å². The molecule has 0 amide bonds. The fourth-order valence-corrected chi connectivity index (χ4v) is 2.48. The van der Waals surface area contributed by atoms with Crippen LogP contribution in [0.5, 0.6) is 0 Å². The van der Waals surface area contributed by atoms with Crippen LogP contribution in [0.3, 0.4) is 0 Å². The van der Waals surface area contributed by atoms with E-state index < -0.39 is 6.10 Å². The molecule has 1 N–H and O–H groups in total. The molecule has 0 aromatic carbocycles. The zero-order chi connectivity index (χ0) is 9.80. The molecule has 14 heavy (non-hydrogen) atoms. The average molecular weight is 209 g/mol. The van der Waals surface area contributed by atoms with Crippen molar-refractivity contribution in [1.29, 1.82) is 0 Å². The van der Waals surface area contributed by atoms with Crippen molar-refractivity contribution in [1.82, 2.24) is 4.98 Å². The lowest BCUT2D eigenvalue weighted by Gasteiger charge is -2.11. The van der Waals surface area contributed by atoms with Gasteiger partial charge in [0, 0.05) is 6.20 Å². The van der Waals surface area contributed by atoms with Crippen molar-refractivity contribution < 1.29 is 5.11 Å². The maximum Gasteiger partial charge on any atom is 0.111 e. The highest BCUT2D eigenvalue weighted by atomic mass is 32.1. The van der Waals surface area contributed by atoms with Crippen molar-refractivity contribution in [3.8, 4) is 0 Å². The van der Waals surface area contributed by atoms with E-state index in [0.717, 1.165) is 17.7 Å². The van der Waals surface area contributed by atoms with Crippen LogP contribution in [0.15, 0.2) is 23.4 Å². The Bertz CT molecular complexity index is 305. The molecule has 0 radical (unpaired) electrons. The van der Waals surface area contributed by atoms with Crippen LogP contribution >= 0.6 is 11.3 Å². The van der Waals surface area contributed by atoms with E-state index >= 15 is 0 Å². The molecular formula is C11H15NOS. The SMILES string of the molecule is OC(C1=CCCCCC1)c1cncs1. The molecule has 2 rings (SSSR count). The lowest BCUT2D eigenvalue weighted by molar-refractivity contribution is 0.214. The van der Waals surface area contributed by atoms with E-state index in [4.69, 9.17) is 0 Å².